The van der Waals surface area contributed by atoms with Crippen LogP contribution in [0.2, 0.25) is 0 Å². The maximum atomic E-state index is 13.6. The van der Waals surface area contributed by atoms with Gasteiger partial charge in [-0.05, 0) is 55.3 Å². The van der Waals surface area contributed by atoms with Crippen molar-refractivity contribution in [2.75, 3.05) is 13.7 Å². The van der Waals surface area contributed by atoms with E-state index in [2.05, 4.69) is 25.7 Å². The molecule has 0 saturated carbocycles. The topological polar surface area (TPSA) is 79.1 Å². The summed E-state index contributed by atoms with van der Waals surface area (Å²) in [6.07, 6.45) is 1.61. The minimum atomic E-state index is -3.00. The molecule has 36 heavy (non-hydrogen) atoms. The van der Waals surface area contributed by atoms with Gasteiger partial charge in [0.05, 0.1) is 35.6 Å². The van der Waals surface area contributed by atoms with E-state index in [1.165, 1.54) is 23.8 Å². The van der Waals surface area contributed by atoms with Crippen molar-refractivity contribution < 1.29 is 27.8 Å². The van der Waals surface area contributed by atoms with Gasteiger partial charge < -0.3 is 14.2 Å². The van der Waals surface area contributed by atoms with Gasteiger partial charge in [-0.1, -0.05) is 45.5 Å². The molecule has 7 nitrogen and oxygen atoms in total. The van der Waals surface area contributed by atoms with Gasteiger partial charge in [0.1, 0.15) is 0 Å². The van der Waals surface area contributed by atoms with E-state index in [4.69, 9.17) is 9.47 Å². The van der Waals surface area contributed by atoms with E-state index in [-0.39, 0.29) is 29.2 Å². The minimum absolute atomic E-state index is 0.102. The molecular weight excluding hydrogens is 558 g/mol. The number of alkyl halides is 2. The van der Waals surface area contributed by atoms with Crippen LogP contribution in [0.3, 0.4) is 0 Å². The molecule has 0 saturated heterocycles. The molecule has 0 fully saturated rings. The first-order valence-electron chi connectivity index (χ1n) is 10.8. The summed E-state index contributed by atoms with van der Waals surface area (Å²) in [4.78, 5) is 31.5. The Hall–Kier alpha value is -3.31. The Kier molecular flexibility index (Phi) is 7.70. The number of allylic oxidation sites excluding steroid dienone is 1. The fourth-order valence-electron chi connectivity index (χ4n) is 3.87. The van der Waals surface area contributed by atoms with Crippen molar-refractivity contribution in [1.29, 1.82) is 0 Å². The molecule has 3 aromatic rings. The highest BCUT2D eigenvalue weighted by Crippen LogP contribution is 2.32. The zero-order valence-corrected chi connectivity index (χ0v) is 21.9. The highest BCUT2D eigenvalue weighted by molar-refractivity contribution is 9.10. The average Bonchev–Trinajstić information content (AvgIpc) is 3.13. The fourth-order valence-corrected chi connectivity index (χ4v) is 5.18. The Morgan fingerprint density at radius 3 is 2.58 bits per heavy atom. The van der Waals surface area contributed by atoms with Gasteiger partial charge in [-0.25, -0.2) is 9.79 Å². The number of methoxy groups -OCH3 is 1. The second-order valence-corrected chi connectivity index (χ2v) is 9.57. The number of benzene rings is 2. The number of aromatic nitrogens is 1. The first-order chi connectivity index (χ1) is 17.2. The van der Waals surface area contributed by atoms with Gasteiger partial charge in [-0.15, -0.1) is 0 Å². The summed E-state index contributed by atoms with van der Waals surface area (Å²) < 4.78 is 42.9. The molecule has 0 N–H and O–H groups in total. The van der Waals surface area contributed by atoms with Gasteiger partial charge in [0.25, 0.3) is 5.56 Å². The van der Waals surface area contributed by atoms with Gasteiger partial charge >= 0.3 is 12.6 Å². The highest BCUT2D eigenvalue weighted by Gasteiger charge is 2.33. The third-order valence-electron chi connectivity index (χ3n) is 5.40. The third kappa shape index (κ3) is 5.12. The highest BCUT2D eigenvalue weighted by atomic mass is 79.9. The van der Waals surface area contributed by atoms with Crippen LogP contribution in [0.25, 0.3) is 6.08 Å². The molecule has 0 unspecified atom stereocenters. The van der Waals surface area contributed by atoms with Crippen molar-refractivity contribution >= 4 is 39.3 Å². The Morgan fingerprint density at radius 1 is 1.22 bits per heavy atom. The fraction of sp³-hybridized carbons (Fsp3) is 0.240. The smallest absolute Gasteiger partial charge is 0.387 e. The van der Waals surface area contributed by atoms with E-state index in [0.29, 0.717) is 20.6 Å². The Morgan fingerprint density at radius 2 is 1.94 bits per heavy atom. The Labute approximate surface area is 217 Å². The first-order valence-corrected chi connectivity index (χ1v) is 12.4. The molecule has 0 amide bonds. The molecule has 2 heterocycles. The number of fused-ring (bicyclic) bond motifs is 1. The standard InChI is InChI=1S/C25H21BrF2N2O5S/c1-4-34-23(32)20-13(2)29-25-30(21(20)15-6-8-16(26)9-7-15)22(31)19(36-25)12-14-5-10-17(35-24(27)28)18(11-14)33-3/h5-12,21,24H,4H2,1-3H3/b19-12+/t21-/m1/s1. The van der Waals surface area contributed by atoms with Crippen LogP contribution in [0.1, 0.15) is 31.0 Å². The van der Waals surface area contributed by atoms with E-state index in [0.717, 1.165) is 21.4 Å². The summed E-state index contributed by atoms with van der Waals surface area (Å²) in [7, 11) is 1.34. The zero-order chi connectivity index (χ0) is 26.0. The summed E-state index contributed by atoms with van der Waals surface area (Å²) >= 11 is 4.57. The zero-order valence-electron chi connectivity index (χ0n) is 19.5. The van der Waals surface area contributed by atoms with Gasteiger partial charge in [0.2, 0.25) is 0 Å². The molecule has 1 aliphatic heterocycles. The van der Waals surface area contributed by atoms with E-state index in [1.54, 1.807) is 26.0 Å². The monoisotopic (exact) mass is 578 g/mol. The summed E-state index contributed by atoms with van der Waals surface area (Å²) in [5.74, 6) is -0.554. The summed E-state index contributed by atoms with van der Waals surface area (Å²) in [5.41, 5.74) is 1.66. The minimum Gasteiger partial charge on any atom is -0.493 e. The second kappa shape index (κ2) is 10.8. The number of carbonyl (C=O) groups excluding carboxylic acids is 1. The number of halogens is 3. The SMILES string of the molecule is CCOC(=O)C1=C(C)N=c2s/c(=C/c3ccc(OC(F)F)c(OC)c3)c(=O)n2[C@@H]1c1ccc(Br)cc1. The van der Waals surface area contributed by atoms with Gasteiger partial charge in [0, 0.05) is 4.47 Å². The Bertz CT molecular complexity index is 1510. The van der Waals surface area contributed by atoms with Crippen LogP contribution in [0, 0.1) is 0 Å². The lowest BCUT2D eigenvalue weighted by molar-refractivity contribution is -0.139. The lowest BCUT2D eigenvalue weighted by Crippen LogP contribution is -2.39. The molecule has 0 spiro atoms. The van der Waals surface area contributed by atoms with E-state index in [1.807, 2.05) is 24.3 Å². The van der Waals surface area contributed by atoms with Crippen molar-refractivity contribution in [2.24, 2.45) is 4.99 Å². The molecule has 0 aliphatic carbocycles. The van der Waals surface area contributed by atoms with Crippen molar-refractivity contribution in [2.45, 2.75) is 26.5 Å². The number of thiazole rings is 1. The first kappa shape index (κ1) is 25.8. The van der Waals surface area contributed by atoms with Gasteiger partial charge in [-0.3, -0.25) is 9.36 Å². The molecule has 11 heteroatoms. The van der Waals surface area contributed by atoms with Crippen LogP contribution >= 0.6 is 27.3 Å². The third-order valence-corrected chi connectivity index (χ3v) is 6.92. The average molecular weight is 579 g/mol. The molecule has 188 valence electrons. The van der Waals surface area contributed by atoms with Crippen LogP contribution < -0.4 is 24.4 Å². The van der Waals surface area contributed by atoms with E-state index < -0.39 is 18.6 Å². The largest absolute Gasteiger partial charge is 0.493 e. The van der Waals surface area contributed by atoms with Crippen LogP contribution in [0.5, 0.6) is 11.5 Å². The normalized spacial score (nSPS) is 15.5. The predicted molar refractivity (Wildman–Crippen MR) is 134 cm³/mol. The lowest BCUT2D eigenvalue weighted by Gasteiger charge is -2.24. The van der Waals surface area contributed by atoms with E-state index in [9.17, 15) is 18.4 Å². The molecule has 0 bridgehead atoms. The van der Waals surface area contributed by atoms with Crippen molar-refractivity contribution in [3.8, 4) is 11.5 Å². The molecule has 4 rings (SSSR count). The van der Waals surface area contributed by atoms with Crippen LogP contribution in [-0.2, 0) is 9.53 Å². The van der Waals surface area contributed by atoms with Crippen LogP contribution in [0.4, 0.5) is 8.78 Å². The lowest BCUT2D eigenvalue weighted by atomic mass is 9.96. The number of rotatable bonds is 7. The second-order valence-electron chi connectivity index (χ2n) is 7.64. The molecule has 1 atom stereocenters. The van der Waals surface area contributed by atoms with Crippen LogP contribution in [-0.4, -0.2) is 30.9 Å². The van der Waals surface area contributed by atoms with Crippen molar-refractivity contribution in [3.05, 3.63) is 89.0 Å². The van der Waals surface area contributed by atoms with Crippen molar-refractivity contribution in [3.63, 3.8) is 0 Å². The van der Waals surface area contributed by atoms with Crippen LogP contribution in [0.15, 0.2) is 68.0 Å². The molecule has 0 radical (unpaired) electrons. The maximum Gasteiger partial charge on any atom is 0.387 e. The maximum absolute atomic E-state index is 13.6. The summed E-state index contributed by atoms with van der Waals surface area (Å²) in [6, 6.07) is 11.0. The predicted octanol–water partition coefficient (Wildman–Crippen LogP) is 4.17. The number of ether oxygens (including phenoxy) is 3. The molecular formula is C25H21BrF2N2O5S. The van der Waals surface area contributed by atoms with Gasteiger partial charge in [-0.2, -0.15) is 8.78 Å². The Balaban J connectivity index is 1.88. The molecule has 1 aromatic heterocycles. The number of carbonyl (C=O) groups is 1. The van der Waals surface area contributed by atoms with Crippen molar-refractivity contribution in [1.82, 2.24) is 4.57 Å². The number of nitrogens with zero attached hydrogens (tertiary/aromatic N) is 2. The number of hydrogen-bond donors (Lipinski definition) is 0. The molecule has 2 aromatic carbocycles. The van der Waals surface area contributed by atoms with Gasteiger partial charge in [0.15, 0.2) is 16.3 Å². The summed E-state index contributed by atoms with van der Waals surface area (Å²) in [5, 5.41) is 0. The number of esters is 1. The number of hydrogen-bond acceptors (Lipinski definition) is 7. The van der Waals surface area contributed by atoms with E-state index >= 15 is 0 Å². The summed E-state index contributed by atoms with van der Waals surface area (Å²) in [6.45, 7) is 0.606. The molecule has 1 aliphatic rings. The quantitative estimate of drug-likeness (QED) is 0.393.